The van der Waals surface area contributed by atoms with Gasteiger partial charge in [0.2, 0.25) is 5.88 Å². The first-order valence-corrected chi connectivity index (χ1v) is 12.0. The first-order valence-electron chi connectivity index (χ1n) is 12.0. The largest absolute Gasteiger partial charge is 0.507 e. The van der Waals surface area contributed by atoms with Gasteiger partial charge in [-0.1, -0.05) is 12.5 Å². The lowest BCUT2D eigenvalue weighted by Gasteiger charge is -2.26. The predicted octanol–water partition coefficient (Wildman–Crippen LogP) is 4.22. The van der Waals surface area contributed by atoms with Crippen LogP contribution in [0.15, 0.2) is 54.7 Å². The Kier molecular flexibility index (Phi) is 6.63. The number of imidazole rings is 1. The van der Waals surface area contributed by atoms with Crippen molar-refractivity contribution in [2.24, 2.45) is 0 Å². The molecule has 3 N–H and O–H groups in total. The highest BCUT2D eigenvalue weighted by Gasteiger charge is 2.16. The number of fused-ring (bicyclic) bond motifs is 1. The molecule has 1 fully saturated rings. The number of likely N-dealkylation sites (tertiary alicyclic amines) is 1. The van der Waals surface area contributed by atoms with E-state index in [-0.39, 0.29) is 11.7 Å². The second kappa shape index (κ2) is 10.1. The minimum atomic E-state index is -0.109. The number of pyridine rings is 1. The van der Waals surface area contributed by atoms with Crippen LogP contribution in [0.3, 0.4) is 0 Å². The highest BCUT2D eigenvalue weighted by molar-refractivity contribution is 5.97. The Morgan fingerprint density at radius 2 is 1.97 bits per heavy atom. The van der Waals surface area contributed by atoms with Crippen LogP contribution in [-0.4, -0.2) is 64.2 Å². The number of H-pyrrole nitrogens is 1. The van der Waals surface area contributed by atoms with Gasteiger partial charge in [0.05, 0.1) is 23.7 Å². The van der Waals surface area contributed by atoms with Crippen LogP contribution in [0.1, 0.15) is 29.6 Å². The van der Waals surface area contributed by atoms with E-state index in [2.05, 4.69) is 25.2 Å². The molecule has 8 heteroatoms. The number of hydrogen-bond donors (Lipinski definition) is 3. The molecule has 0 radical (unpaired) electrons. The fourth-order valence-electron chi connectivity index (χ4n) is 4.55. The standard InChI is InChI=1S/C27H29N5O3/c1-35-27-20(6-5-11-29-27)18-8-10-24(33)21(16-18)25-30-22-9-7-19(17-23(22)31-25)26(34)28-12-15-32-13-3-2-4-14-32/h5-11,16-17,33H,2-4,12-15H2,1H3,(H,28,34)(H,30,31). The van der Waals surface area contributed by atoms with Gasteiger partial charge in [-0.2, -0.15) is 0 Å². The number of carbonyl (C=O) groups is 1. The summed E-state index contributed by atoms with van der Waals surface area (Å²) >= 11 is 0. The maximum atomic E-state index is 12.7. The molecule has 1 aliphatic rings. The molecule has 8 nitrogen and oxygen atoms in total. The van der Waals surface area contributed by atoms with E-state index in [1.807, 2.05) is 30.3 Å². The molecule has 3 heterocycles. The second-order valence-corrected chi connectivity index (χ2v) is 8.77. The molecule has 1 amide bonds. The monoisotopic (exact) mass is 471 g/mol. The normalized spacial score (nSPS) is 14.2. The van der Waals surface area contributed by atoms with Gasteiger partial charge in [-0.05, 0) is 74.0 Å². The second-order valence-electron chi connectivity index (χ2n) is 8.77. The average Bonchev–Trinajstić information content (AvgIpc) is 3.33. The molecular weight excluding hydrogens is 442 g/mol. The predicted molar refractivity (Wildman–Crippen MR) is 136 cm³/mol. The fraction of sp³-hybridized carbons (Fsp3) is 0.296. The van der Waals surface area contributed by atoms with Gasteiger partial charge in [-0.25, -0.2) is 9.97 Å². The number of phenolic OH excluding ortho intramolecular Hbond substituents is 1. The van der Waals surface area contributed by atoms with Crippen molar-refractivity contribution in [2.45, 2.75) is 19.3 Å². The van der Waals surface area contributed by atoms with E-state index in [9.17, 15) is 9.90 Å². The molecule has 5 rings (SSSR count). The lowest BCUT2D eigenvalue weighted by atomic mass is 10.0. The van der Waals surface area contributed by atoms with Crippen molar-refractivity contribution < 1.29 is 14.6 Å². The molecule has 0 atom stereocenters. The topological polar surface area (TPSA) is 103 Å². The summed E-state index contributed by atoms with van der Waals surface area (Å²) in [5, 5.41) is 13.6. The SMILES string of the molecule is COc1ncccc1-c1ccc(O)c(-c2nc3cc(C(=O)NCCN4CCCCC4)ccc3[nH]2)c1. The molecule has 1 aliphatic heterocycles. The van der Waals surface area contributed by atoms with Gasteiger partial charge in [-0.15, -0.1) is 0 Å². The van der Waals surface area contributed by atoms with Crippen molar-refractivity contribution >= 4 is 16.9 Å². The van der Waals surface area contributed by atoms with E-state index in [1.54, 1.807) is 31.5 Å². The van der Waals surface area contributed by atoms with Gasteiger partial charge in [0, 0.05) is 30.4 Å². The first kappa shape index (κ1) is 22.9. The Labute approximate surface area is 204 Å². The molecular formula is C27H29N5O3. The van der Waals surface area contributed by atoms with Gasteiger partial charge >= 0.3 is 0 Å². The van der Waals surface area contributed by atoms with Crippen LogP contribution in [0.5, 0.6) is 11.6 Å². The summed E-state index contributed by atoms with van der Waals surface area (Å²) in [7, 11) is 1.58. The number of phenols is 1. The maximum Gasteiger partial charge on any atom is 0.251 e. The molecule has 1 saturated heterocycles. The van der Waals surface area contributed by atoms with Crippen LogP contribution in [0.4, 0.5) is 0 Å². The third kappa shape index (κ3) is 4.97. The average molecular weight is 472 g/mol. The van der Waals surface area contributed by atoms with Gasteiger partial charge in [0.25, 0.3) is 5.91 Å². The summed E-state index contributed by atoms with van der Waals surface area (Å²) in [6.07, 6.45) is 5.44. The lowest BCUT2D eigenvalue weighted by molar-refractivity contribution is 0.0946. The molecule has 2 aromatic heterocycles. The van der Waals surface area contributed by atoms with Gasteiger partial charge in [-0.3, -0.25) is 4.79 Å². The molecule has 35 heavy (non-hydrogen) atoms. The van der Waals surface area contributed by atoms with E-state index in [0.29, 0.717) is 34.9 Å². The van der Waals surface area contributed by atoms with Crippen molar-refractivity contribution in [3.63, 3.8) is 0 Å². The Bertz CT molecular complexity index is 1340. The zero-order chi connectivity index (χ0) is 24.2. The molecule has 0 spiro atoms. The van der Waals surface area contributed by atoms with Gasteiger partial charge in [0.15, 0.2) is 0 Å². The van der Waals surface area contributed by atoms with Crippen LogP contribution >= 0.6 is 0 Å². The van der Waals surface area contributed by atoms with E-state index in [0.717, 1.165) is 36.3 Å². The number of nitrogens with zero attached hydrogens (tertiary/aromatic N) is 3. The summed E-state index contributed by atoms with van der Waals surface area (Å²) in [6, 6.07) is 14.4. The number of rotatable bonds is 7. The summed E-state index contributed by atoms with van der Waals surface area (Å²) in [6.45, 7) is 3.72. The zero-order valence-corrected chi connectivity index (χ0v) is 19.8. The molecule has 0 unspecified atom stereocenters. The van der Waals surface area contributed by atoms with E-state index in [1.165, 1.54) is 19.3 Å². The van der Waals surface area contributed by atoms with E-state index in [4.69, 9.17) is 4.74 Å². The molecule has 0 aliphatic carbocycles. The van der Waals surface area contributed by atoms with Gasteiger partial charge in [0.1, 0.15) is 11.6 Å². The summed E-state index contributed by atoms with van der Waals surface area (Å²) in [4.78, 5) is 27.3. The quantitative estimate of drug-likeness (QED) is 0.373. The number of benzene rings is 2. The van der Waals surface area contributed by atoms with Crippen molar-refractivity contribution in [3.8, 4) is 34.1 Å². The Hall–Kier alpha value is -3.91. The Balaban J connectivity index is 1.36. The summed E-state index contributed by atoms with van der Waals surface area (Å²) < 4.78 is 5.38. The van der Waals surface area contributed by atoms with Crippen LogP contribution in [0.2, 0.25) is 0 Å². The number of nitrogens with one attached hydrogen (secondary N) is 2. The Morgan fingerprint density at radius 1 is 1.11 bits per heavy atom. The molecule has 4 aromatic rings. The summed E-state index contributed by atoms with van der Waals surface area (Å²) in [5.74, 6) is 1.02. The van der Waals surface area contributed by atoms with Crippen molar-refractivity contribution in [3.05, 3.63) is 60.3 Å². The number of aromatic hydroxyl groups is 1. The van der Waals surface area contributed by atoms with Crippen LogP contribution < -0.4 is 10.1 Å². The number of ether oxygens (including phenoxy) is 1. The minimum absolute atomic E-state index is 0.103. The number of hydrogen-bond acceptors (Lipinski definition) is 6. The van der Waals surface area contributed by atoms with Crippen LogP contribution in [-0.2, 0) is 0 Å². The number of methoxy groups -OCH3 is 1. The maximum absolute atomic E-state index is 12.7. The fourth-order valence-corrected chi connectivity index (χ4v) is 4.55. The zero-order valence-electron chi connectivity index (χ0n) is 19.8. The number of aromatic amines is 1. The highest BCUT2D eigenvalue weighted by atomic mass is 16.5. The lowest BCUT2D eigenvalue weighted by Crippen LogP contribution is -2.37. The Morgan fingerprint density at radius 3 is 2.80 bits per heavy atom. The smallest absolute Gasteiger partial charge is 0.251 e. The molecule has 0 bridgehead atoms. The minimum Gasteiger partial charge on any atom is -0.507 e. The van der Waals surface area contributed by atoms with Crippen LogP contribution in [0.25, 0.3) is 33.5 Å². The van der Waals surface area contributed by atoms with Gasteiger partial charge < -0.3 is 25.0 Å². The number of aromatic nitrogens is 3. The third-order valence-electron chi connectivity index (χ3n) is 6.43. The first-order chi connectivity index (χ1) is 17.1. The van der Waals surface area contributed by atoms with E-state index >= 15 is 0 Å². The molecule has 180 valence electrons. The van der Waals surface area contributed by atoms with E-state index < -0.39 is 0 Å². The third-order valence-corrected chi connectivity index (χ3v) is 6.43. The van der Waals surface area contributed by atoms with Crippen LogP contribution in [0, 0.1) is 0 Å². The molecule has 2 aromatic carbocycles. The van der Waals surface area contributed by atoms with Crippen molar-refractivity contribution in [2.75, 3.05) is 33.3 Å². The number of amides is 1. The number of carbonyl (C=O) groups excluding carboxylic acids is 1. The number of piperidine rings is 1. The molecule has 0 saturated carbocycles. The van der Waals surface area contributed by atoms with Crippen molar-refractivity contribution in [1.82, 2.24) is 25.2 Å². The highest BCUT2D eigenvalue weighted by Crippen LogP contribution is 2.35. The summed E-state index contributed by atoms with van der Waals surface area (Å²) in [5.41, 5.74) is 4.22. The van der Waals surface area contributed by atoms with Crippen molar-refractivity contribution in [1.29, 1.82) is 0 Å².